The van der Waals surface area contributed by atoms with Crippen molar-refractivity contribution in [2.45, 2.75) is 52.6 Å². The molecule has 2 atom stereocenters. The van der Waals surface area contributed by atoms with Gasteiger partial charge in [0.05, 0.1) is 25.8 Å². The molecule has 1 saturated heterocycles. The number of hydrogen-bond acceptors (Lipinski definition) is 6. The van der Waals surface area contributed by atoms with Crippen LogP contribution in [0.4, 0.5) is 5.69 Å². The molecule has 1 fully saturated rings. The second kappa shape index (κ2) is 14.0. The van der Waals surface area contributed by atoms with Gasteiger partial charge in [-0.1, -0.05) is 50.6 Å². The van der Waals surface area contributed by atoms with Crippen molar-refractivity contribution in [2.75, 3.05) is 45.9 Å². The fourth-order valence-corrected chi connectivity index (χ4v) is 5.44. The largest absolute Gasteiger partial charge is 0.496 e. The summed E-state index contributed by atoms with van der Waals surface area (Å²) in [5, 5.41) is 9.81. The summed E-state index contributed by atoms with van der Waals surface area (Å²) in [7, 11) is 4.67. The van der Waals surface area contributed by atoms with Gasteiger partial charge in [-0.3, -0.25) is 14.4 Å². The summed E-state index contributed by atoms with van der Waals surface area (Å²) < 4.78 is 17.4. The van der Waals surface area contributed by atoms with E-state index in [0.29, 0.717) is 53.7 Å². The second-order valence-corrected chi connectivity index (χ2v) is 11.9. The van der Waals surface area contributed by atoms with Crippen LogP contribution in [0.2, 0.25) is 5.02 Å². The number of halogens is 1. The highest BCUT2D eigenvalue weighted by Gasteiger charge is 2.33. The third kappa shape index (κ3) is 8.14. The first-order chi connectivity index (χ1) is 19.4. The molecule has 41 heavy (non-hydrogen) atoms. The molecule has 1 aliphatic heterocycles. The van der Waals surface area contributed by atoms with E-state index in [4.69, 9.17) is 25.8 Å². The number of carbonyl (C=O) groups excluding carboxylic acids is 2. The Morgan fingerprint density at radius 2 is 1.73 bits per heavy atom. The predicted molar refractivity (Wildman–Crippen MR) is 158 cm³/mol. The van der Waals surface area contributed by atoms with Gasteiger partial charge >= 0.3 is 5.97 Å². The van der Waals surface area contributed by atoms with Gasteiger partial charge in [-0.25, -0.2) is 0 Å². The number of carbonyl (C=O) groups is 3. The number of hydrogen-bond donors (Lipinski definition) is 1. The Bertz CT molecular complexity index is 1240. The molecule has 3 rings (SSSR count). The van der Waals surface area contributed by atoms with Gasteiger partial charge < -0.3 is 29.1 Å². The zero-order valence-electron chi connectivity index (χ0n) is 24.7. The fourth-order valence-electron chi connectivity index (χ4n) is 5.22. The van der Waals surface area contributed by atoms with Crippen LogP contribution in [0, 0.1) is 11.3 Å². The number of aliphatic carboxylic acids is 1. The highest BCUT2D eigenvalue weighted by Crippen LogP contribution is 2.44. The Kier molecular flexibility index (Phi) is 11.0. The number of carboxylic acid groups (broad SMARTS) is 1. The van der Waals surface area contributed by atoms with Crippen LogP contribution in [-0.4, -0.2) is 68.8 Å². The van der Waals surface area contributed by atoms with Crippen molar-refractivity contribution in [1.29, 1.82) is 0 Å². The van der Waals surface area contributed by atoms with E-state index in [9.17, 15) is 19.5 Å². The van der Waals surface area contributed by atoms with E-state index in [1.165, 1.54) is 7.11 Å². The van der Waals surface area contributed by atoms with Crippen LogP contribution in [0.25, 0.3) is 0 Å². The van der Waals surface area contributed by atoms with Gasteiger partial charge in [0.1, 0.15) is 17.6 Å². The van der Waals surface area contributed by atoms with E-state index in [1.807, 2.05) is 45.0 Å². The van der Waals surface area contributed by atoms with Gasteiger partial charge in [-0.2, -0.15) is 0 Å². The van der Waals surface area contributed by atoms with Gasteiger partial charge in [-0.15, -0.1) is 0 Å². The van der Waals surface area contributed by atoms with E-state index in [2.05, 4.69) is 0 Å². The van der Waals surface area contributed by atoms with Crippen LogP contribution in [0.1, 0.15) is 63.7 Å². The quantitative estimate of drug-likeness (QED) is 0.365. The lowest BCUT2D eigenvalue weighted by Gasteiger charge is -2.35. The smallest absolute Gasteiger partial charge is 0.308 e. The zero-order chi connectivity index (χ0) is 30.3. The summed E-state index contributed by atoms with van der Waals surface area (Å²) in [6.07, 6.45) is 0.438. The summed E-state index contributed by atoms with van der Waals surface area (Å²) >= 11 is 6.54. The van der Waals surface area contributed by atoms with Crippen molar-refractivity contribution in [3.63, 3.8) is 0 Å². The first-order valence-corrected chi connectivity index (χ1v) is 14.1. The van der Waals surface area contributed by atoms with E-state index >= 15 is 0 Å². The molecule has 1 heterocycles. The van der Waals surface area contributed by atoms with Crippen LogP contribution < -0.4 is 14.4 Å². The third-order valence-electron chi connectivity index (χ3n) is 7.11. The van der Waals surface area contributed by atoms with Crippen LogP contribution in [-0.2, 0) is 19.1 Å². The van der Waals surface area contributed by atoms with E-state index in [-0.39, 0.29) is 36.6 Å². The molecule has 0 aromatic heterocycles. The molecule has 0 saturated carbocycles. The standard InChI is InChI=1S/C31H41ClN2O7/c1-31(2,3)19-34(27(36)14-13-26(35)33-15-9-10-20(18-33)30(37)38)28-23(16-21(32)17-25(28)40-5)29(41-6)22-11-7-8-12-24(22)39-4/h7-8,11-12,16-17,20,29H,9-10,13-15,18-19H2,1-6H3,(H,37,38)/t20-,29?/m0/s1. The molecule has 224 valence electrons. The van der Waals surface area contributed by atoms with Crippen molar-refractivity contribution in [3.8, 4) is 11.5 Å². The predicted octanol–water partition coefficient (Wildman–Crippen LogP) is 5.58. The molecule has 0 spiro atoms. The number of methoxy groups -OCH3 is 3. The number of rotatable bonds is 11. The third-order valence-corrected chi connectivity index (χ3v) is 7.33. The number of anilines is 1. The van der Waals surface area contributed by atoms with Crippen LogP contribution in [0.5, 0.6) is 11.5 Å². The summed E-state index contributed by atoms with van der Waals surface area (Å²) in [6.45, 7) is 7.05. The SMILES string of the molecule is COc1ccccc1C(OC)c1cc(Cl)cc(OC)c1N(CC(C)(C)C)C(=O)CCC(=O)N1CCC[C@H](C(=O)O)C1. The minimum absolute atomic E-state index is 0.0305. The normalized spacial score (nSPS) is 16.2. The van der Waals surface area contributed by atoms with E-state index < -0.39 is 18.0 Å². The molecule has 1 aliphatic rings. The van der Waals surface area contributed by atoms with E-state index in [1.54, 1.807) is 36.2 Å². The highest BCUT2D eigenvalue weighted by molar-refractivity contribution is 6.31. The number of benzene rings is 2. The summed E-state index contributed by atoms with van der Waals surface area (Å²) in [5.41, 5.74) is 1.56. The van der Waals surface area contributed by atoms with Crippen molar-refractivity contribution in [3.05, 3.63) is 52.5 Å². The number of amides is 2. The lowest BCUT2D eigenvalue weighted by molar-refractivity contribution is -0.146. The van der Waals surface area contributed by atoms with Crippen molar-refractivity contribution < 1.29 is 33.7 Å². The number of piperidine rings is 1. The van der Waals surface area contributed by atoms with Crippen molar-refractivity contribution >= 4 is 35.1 Å². The molecule has 1 unspecified atom stereocenters. The Morgan fingerprint density at radius 1 is 1.05 bits per heavy atom. The maximum Gasteiger partial charge on any atom is 0.308 e. The minimum atomic E-state index is -0.903. The second-order valence-electron chi connectivity index (χ2n) is 11.5. The monoisotopic (exact) mass is 588 g/mol. The highest BCUT2D eigenvalue weighted by atomic mass is 35.5. The number of likely N-dealkylation sites (tertiary alicyclic amines) is 1. The Balaban J connectivity index is 2.02. The molecule has 0 bridgehead atoms. The first-order valence-electron chi connectivity index (χ1n) is 13.7. The number of carboxylic acids is 1. The average Bonchev–Trinajstić information content (AvgIpc) is 2.94. The maximum atomic E-state index is 14.0. The lowest BCUT2D eigenvalue weighted by atomic mass is 9.93. The molecular weight excluding hydrogens is 548 g/mol. The van der Waals surface area contributed by atoms with Crippen molar-refractivity contribution in [1.82, 2.24) is 4.90 Å². The fraction of sp³-hybridized carbons (Fsp3) is 0.516. The molecule has 2 aromatic rings. The first kappa shape index (κ1) is 32.2. The lowest BCUT2D eigenvalue weighted by Crippen LogP contribution is -2.43. The number of para-hydroxylation sites is 1. The maximum absolute atomic E-state index is 14.0. The summed E-state index contributed by atoms with van der Waals surface area (Å²) in [5.74, 6) is -0.968. The van der Waals surface area contributed by atoms with Gasteiger partial charge in [0.15, 0.2) is 0 Å². The van der Waals surface area contributed by atoms with Crippen LogP contribution in [0.3, 0.4) is 0 Å². The van der Waals surface area contributed by atoms with E-state index in [0.717, 1.165) is 5.56 Å². The zero-order valence-corrected chi connectivity index (χ0v) is 25.5. The molecule has 2 amide bonds. The van der Waals surface area contributed by atoms with Gasteiger partial charge in [0, 0.05) is 61.8 Å². The Morgan fingerprint density at radius 3 is 2.34 bits per heavy atom. The number of ether oxygens (including phenoxy) is 3. The molecule has 10 heteroatoms. The molecular formula is C31H41ClN2O7. The Hall–Kier alpha value is -3.30. The summed E-state index contributed by atoms with van der Waals surface area (Å²) in [4.78, 5) is 41.7. The molecule has 1 N–H and O–H groups in total. The van der Waals surface area contributed by atoms with Crippen LogP contribution in [0.15, 0.2) is 36.4 Å². The molecule has 9 nitrogen and oxygen atoms in total. The van der Waals surface area contributed by atoms with Crippen LogP contribution >= 0.6 is 11.6 Å². The molecule has 0 aliphatic carbocycles. The van der Waals surface area contributed by atoms with Crippen molar-refractivity contribution in [2.24, 2.45) is 11.3 Å². The van der Waals surface area contributed by atoms with Gasteiger partial charge in [-0.05, 0) is 30.4 Å². The molecule has 2 aromatic carbocycles. The molecule has 0 radical (unpaired) electrons. The van der Waals surface area contributed by atoms with Gasteiger partial charge in [0.25, 0.3) is 0 Å². The topological polar surface area (TPSA) is 106 Å². The van der Waals surface area contributed by atoms with Gasteiger partial charge in [0.2, 0.25) is 11.8 Å². The minimum Gasteiger partial charge on any atom is -0.496 e. The average molecular weight is 589 g/mol. The Labute approximate surface area is 247 Å². The number of nitrogens with zero attached hydrogens (tertiary/aromatic N) is 2. The summed E-state index contributed by atoms with van der Waals surface area (Å²) in [6, 6.07) is 10.9.